The molecule has 1 aromatic rings. The number of nitrogens with one attached hydrogen (secondary N) is 1. The van der Waals surface area contributed by atoms with Crippen LogP contribution in [0.5, 0.6) is 0 Å². The van der Waals surface area contributed by atoms with Crippen LogP contribution in [0.15, 0.2) is 6.33 Å². The fourth-order valence-corrected chi connectivity index (χ4v) is 1.91. The van der Waals surface area contributed by atoms with Crippen molar-refractivity contribution < 1.29 is 0 Å². The molecule has 0 aliphatic rings. The first-order valence-corrected chi connectivity index (χ1v) is 6.80. The second kappa shape index (κ2) is 8.23. The van der Waals surface area contributed by atoms with Crippen LogP contribution in [-0.2, 0) is 13.5 Å². The first-order valence-electron chi connectivity index (χ1n) is 6.80. The van der Waals surface area contributed by atoms with E-state index < -0.39 is 0 Å². The maximum Gasteiger partial charge on any atom is 0.151 e. The van der Waals surface area contributed by atoms with Crippen molar-refractivity contribution in [2.24, 2.45) is 7.05 Å². The van der Waals surface area contributed by atoms with Crippen LogP contribution in [0.25, 0.3) is 0 Å². The Morgan fingerprint density at radius 1 is 1.35 bits per heavy atom. The Labute approximate surface area is 105 Å². The standard InChI is InChI=1S/C13H26N4/c1-4-5-6-7-8-12(2)14-10-9-13-15-11-17(3)16-13/h11-12,14H,4-10H2,1-3H3. The third-order valence-electron chi connectivity index (χ3n) is 2.98. The molecule has 17 heavy (non-hydrogen) atoms. The number of hydrogen-bond acceptors (Lipinski definition) is 3. The van der Waals surface area contributed by atoms with Crippen molar-refractivity contribution in [3.8, 4) is 0 Å². The van der Waals surface area contributed by atoms with Crippen molar-refractivity contribution in [2.45, 2.75) is 58.4 Å². The van der Waals surface area contributed by atoms with Crippen LogP contribution in [0.1, 0.15) is 51.8 Å². The highest BCUT2D eigenvalue weighted by molar-refractivity contribution is 4.82. The molecule has 0 saturated carbocycles. The third kappa shape index (κ3) is 6.41. The lowest BCUT2D eigenvalue weighted by Gasteiger charge is -2.12. The smallest absolute Gasteiger partial charge is 0.151 e. The first-order chi connectivity index (χ1) is 8.22. The molecule has 0 aliphatic carbocycles. The molecule has 0 spiro atoms. The summed E-state index contributed by atoms with van der Waals surface area (Å²) < 4.78 is 1.75. The van der Waals surface area contributed by atoms with Gasteiger partial charge in [-0.15, -0.1) is 0 Å². The molecule has 1 unspecified atom stereocenters. The Morgan fingerprint density at radius 3 is 2.82 bits per heavy atom. The fourth-order valence-electron chi connectivity index (χ4n) is 1.91. The third-order valence-corrected chi connectivity index (χ3v) is 2.98. The van der Waals surface area contributed by atoms with Gasteiger partial charge in [-0.2, -0.15) is 5.10 Å². The van der Waals surface area contributed by atoms with Crippen LogP contribution in [0, 0.1) is 0 Å². The second-order valence-corrected chi connectivity index (χ2v) is 4.79. The second-order valence-electron chi connectivity index (χ2n) is 4.79. The van der Waals surface area contributed by atoms with Gasteiger partial charge in [0, 0.05) is 26.1 Å². The van der Waals surface area contributed by atoms with Gasteiger partial charge in [-0.05, 0) is 13.3 Å². The molecule has 0 saturated heterocycles. The van der Waals surface area contributed by atoms with E-state index in [-0.39, 0.29) is 0 Å². The van der Waals surface area contributed by atoms with Crippen LogP contribution in [0.2, 0.25) is 0 Å². The van der Waals surface area contributed by atoms with Crippen LogP contribution >= 0.6 is 0 Å². The number of nitrogens with zero attached hydrogens (tertiary/aromatic N) is 3. The summed E-state index contributed by atoms with van der Waals surface area (Å²) in [5.74, 6) is 0.929. The summed E-state index contributed by atoms with van der Waals surface area (Å²) in [7, 11) is 1.90. The molecule has 98 valence electrons. The van der Waals surface area contributed by atoms with Gasteiger partial charge >= 0.3 is 0 Å². The molecule has 1 aromatic heterocycles. The maximum atomic E-state index is 4.26. The Hall–Kier alpha value is -0.900. The molecule has 0 bridgehead atoms. The van der Waals surface area contributed by atoms with Gasteiger partial charge in [0.15, 0.2) is 5.82 Å². The molecule has 1 atom stereocenters. The van der Waals surface area contributed by atoms with E-state index in [1.807, 2.05) is 7.05 Å². The fraction of sp³-hybridized carbons (Fsp3) is 0.846. The number of hydrogen-bond donors (Lipinski definition) is 1. The Bertz CT molecular complexity index is 295. The number of rotatable bonds is 9. The lowest BCUT2D eigenvalue weighted by Crippen LogP contribution is -2.28. The van der Waals surface area contributed by atoms with Crippen LogP contribution in [0.4, 0.5) is 0 Å². The van der Waals surface area contributed by atoms with Crippen molar-refractivity contribution in [1.29, 1.82) is 0 Å². The van der Waals surface area contributed by atoms with E-state index in [2.05, 4.69) is 29.2 Å². The monoisotopic (exact) mass is 238 g/mol. The predicted molar refractivity (Wildman–Crippen MR) is 70.9 cm³/mol. The van der Waals surface area contributed by atoms with E-state index in [4.69, 9.17) is 0 Å². The van der Waals surface area contributed by atoms with Crippen LogP contribution in [0.3, 0.4) is 0 Å². The maximum absolute atomic E-state index is 4.26. The van der Waals surface area contributed by atoms with Gasteiger partial charge in [0.25, 0.3) is 0 Å². The zero-order valence-electron chi connectivity index (χ0n) is 11.4. The minimum absolute atomic E-state index is 0.607. The minimum Gasteiger partial charge on any atom is -0.314 e. The summed E-state index contributed by atoms with van der Waals surface area (Å²) in [6.45, 7) is 5.48. The van der Waals surface area contributed by atoms with Crippen molar-refractivity contribution in [3.63, 3.8) is 0 Å². The highest BCUT2D eigenvalue weighted by Gasteiger charge is 2.02. The summed E-state index contributed by atoms with van der Waals surface area (Å²) in [5, 5.41) is 7.79. The topological polar surface area (TPSA) is 42.7 Å². The Kier molecular flexibility index (Phi) is 6.86. The minimum atomic E-state index is 0.607. The lowest BCUT2D eigenvalue weighted by atomic mass is 10.1. The molecule has 0 aliphatic heterocycles. The van der Waals surface area contributed by atoms with Crippen molar-refractivity contribution in [1.82, 2.24) is 20.1 Å². The molecule has 0 aromatic carbocycles. The normalized spacial score (nSPS) is 12.9. The first kappa shape index (κ1) is 14.2. The zero-order chi connectivity index (χ0) is 12.5. The van der Waals surface area contributed by atoms with E-state index in [1.165, 1.54) is 32.1 Å². The van der Waals surface area contributed by atoms with Gasteiger partial charge < -0.3 is 5.32 Å². The van der Waals surface area contributed by atoms with Gasteiger partial charge in [-0.1, -0.05) is 32.6 Å². The molecule has 1 heterocycles. The highest BCUT2D eigenvalue weighted by atomic mass is 15.3. The molecule has 1 rings (SSSR count). The van der Waals surface area contributed by atoms with Gasteiger partial charge in [-0.25, -0.2) is 4.98 Å². The summed E-state index contributed by atoms with van der Waals surface area (Å²) in [5.41, 5.74) is 0. The summed E-state index contributed by atoms with van der Waals surface area (Å²) in [4.78, 5) is 4.21. The number of unbranched alkanes of at least 4 members (excludes halogenated alkanes) is 3. The molecule has 4 heteroatoms. The quantitative estimate of drug-likeness (QED) is 0.671. The molecular weight excluding hydrogens is 212 g/mol. The van der Waals surface area contributed by atoms with Crippen LogP contribution in [-0.4, -0.2) is 27.4 Å². The average Bonchev–Trinajstić information content (AvgIpc) is 2.71. The van der Waals surface area contributed by atoms with E-state index in [1.54, 1.807) is 11.0 Å². The average molecular weight is 238 g/mol. The van der Waals surface area contributed by atoms with Crippen molar-refractivity contribution >= 4 is 0 Å². The molecular formula is C13H26N4. The van der Waals surface area contributed by atoms with E-state index >= 15 is 0 Å². The van der Waals surface area contributed by atoms with E-state index in [9.17, 15) is 0 Å². The van der Waals surface area contributed by atoms with Crippen LogP contribution < -0.4 is 5.32 Å². The van der Waals surface area contributed by atoms with Gasteiger partial charge in [0.2, 0.25) is 0 Å². The zero-order valence-corrected chi connectivity index (χ0v) is 11.4. The van der Waals surface area contributed by atoms with Crippen molar-refractivity contribution in [3.05, 3.63) is 12.2 Å². The van der Waals surface area contributed by atoms with E-state index in [0.29, 0.717) is 6.04 Å². The summed E-state index contributed by atoms with van der Waals surface area (Å²) in [6.07, 6.45) is 9.32. The Balaban J connectivity index is 2.02. The van der Waals surface area contributed by atoms with Gasteiger partial charge in [0.05, 0.1) is 0 Å². The molecule has 0 amide bonds. The molecule has 0 radical (unpaired) electrons. The lowest BCUT2D eigenvalue weighted by molar-refractivity contribution is 0.483. The SMILES string of the molecule is CCCCCCC(C)NCCc1ncn(C)n1. The highest BCUT2D eigenvalue weighted by Crippen LogP contribution is 2.05. The van der Waals surface area contributed by atoms with Gasteiger partial charge in [-0.3, -0.25) is 4.68 Å². The molecule has 0 fully saturated rings. The molecule has 1 N–H and O–H groups in total. The summed E-state index contributed by atoms with van der Waals surface area (Å²) in [6, 6.07) is 0.607. The van der Waals surface area contributed by atoms with Gasteiger partial charge in [0.1, 0.15) is 6.33 Å². The Morgan fingerprint density at radius 2 is 2.18 bits per heavy atom. The van der Waals surface area contributed by atoms with Crippen molar-refractivity contribution in [2.75, 3.05) is 6.54 Å². The van der Waals surface area contributed by atoms with E-state index in [0.717, 1.165) is 18.8 Å². The summed E-state index contributed by atoms with van der Waals surface area (Å²) >= 11 is 0. The number of aromatic nitrogens is 3. The predicted octanol–water partition coefficient (Wildman–Crippen LogP) is 2.31. The largest absolute Gasteiger partial charge is 0.314 e. The number of aryl methyl sites for hydroxylation is 1. The molecule has 4 nitrogen and oxygen atoms in total.